The molecule has 0 aliphatic rings. The molecule has 3 nitrogen and oxygen atoms in total. The maximum absolute atomic E-state index is 9.01. The van der Waals surface area contributed by atoms with Gasteiger partial charge >= 0.3 is 0 Å². The summed E-state index contributed by atoms with van der Waals surface area (Å²) in [6, 6.07) is 11.4. The quantitative estimate of drug-likeness (QED) is 0.818. The van der Waals surface area contributed by atoms with E-state index in [1.165, 1.54) is 0 Å². The summed E-state index contributed by atoms with van der Waals surface area (Å²) in [5.74, 6) is 0. The Morgan fingerprint density at radius 3 is 2.69 bits per heavy atom. The number of hydrogen-bond donors (Lipinski definition) is 2. The zero-order valence-corrected chi connectivity index (χ0v) is 8.88. The molecule has 0 aliphatic heterocycles. The molecule has 3 heteroatoms. The van der Waals surface area contributed by atoms with Crippen LogP contribution in [-0.2, 0) is 0 Å². The number of benzene rings is 1. The smallest absolute Gasteiger partial charge is 0.0624 e. The first kappa shape index (κ1) is 10.8. The number of aliphatic hydroxyl groups excluding tert-OH is 1. The second kappa shape index (κ2) is 4.88. The van der Waals surface area contributed by atoms with Crippen molar-refractivity contribution in [1.82, 2.24) is 4.98 Å². The Labute approximate surface area is 94.6 Å². The Morgan fingerprint density at radius 1 is 1.19 bits per heavy atom. The fourth-order valence-electron chi connectivity index (χ4n) is 1.59. The van der Waals surface area contributed by atoms with Gasteiger partial charge in [0, 0.05) is 12.4 Å². The summed E-state index contributed by atoms with van der Waals surface area (Å²) in [4.78, 5) is 4.08. The van der Waals surface area contributed by atoms with Crippen molar-refractivity contribution in [2.75, 3.05) is 6.61 Å². The summed E-state index contributed by atoms with van der Waals surface area (Å²) in [6.45, 7) is -0.0451. The first-order valence-electron chi connectivity index (χ1n) is 5.18. The molecule has 16 heavy (non-hydrogen) atoms. The normalized spacial score (nSPS) is 12.4. The molecule has 0 saturated carbocycles. The van der Waals surface area contributed by atoms with Gasteiger partial charge in [-0.25, -0.2) is 0 Å². The van der Waals surface area contributed by atoms with Gasteiger partial charge in [0.2, 0.25) is 0 Å². The molecule has 2 aromatic rings. The van der Waals surface area contributed by atoms with Crippen LogP contribution in [-0.4, -0.2) is 16.7 Å². The van der Waals surface area contributed by atoms with Gasteiger partial charge in [-0.3, -0.25) is 4.98 Å². The van der Waals surface area contributed by atoms with E-state index in [-0.39, 0.29) is 12.6 Å². The van der Waals surface area contributed by atoms with E-state index in [0.717, 1.165) is 16.7 Å². The Morgan fingerprint density at radius 2 is 2.00 bits per heavy atom. The highest BCUT2D eigenvalue weighted by atomic mass is 16.3. The SMILES string of the molecule is NC(CO)c1cccc(-c2cccnc2)c1. The monoisotopic (exact) mass is 214 g/mol. The Kier molecular flexibility index (Phi) is 3.29. The number of hydrogen-bond acceptors (Lipinski definition) is 3. The van der Waals surface area contributed by atoms with E-state index in [9.17, 15) is 0 Å². The van der Waals surface area contributed by atoms with Crippen molar-refractivity contribution in [2.45, 2.75) is 6.04 Å². The van der Waals surface area contributed by atoms with Crippen molar-refractivity contribution < 1.29 is 5.11 Å². The van der Waals surface area contributed by atoms with Gasteiger partial charge < -0.3 is 10.8 Å². The summed E-state index contributed by atoms with van der Waals surface area (Å²) < 4.78 is 0. The van der Waals surface area contributed by atoms with E-state index in [0.29, 0.717) is 0 Å². The first-order chi connectivity index (χ1) is 7.81. The minimum atomic E-state index is -0.323. The van der Waals surface area contributed by atoms with Crippen LogP contribution in [0.2, 0.25) is 0 Å². The highest BCUT2D eigenvalue weighted by Gasteiger charge is 2.05. The topological polar surface area (TPSA) is 59.1 Å². The molecule has 0 fully saturated rings. The van der Waals surface area contributed by atoms with Crippen LogP contribution < -0.4 is 5.73 Å². The van der Waals surface area contributed by atoms with Crippen LogP contribution in [0.3, 0.4) is 0 Å². The Balaban J connectivity index is 2.36. The molecule has 1 heterocycles. The lowest BCUT2D eigenvalue weighted by molar-refractivity contribution is 0.268. The number of pyridine rings is 1. The Hall–Kier alpha value is -1.71. The summed E-state index contributed by atoms with van der Waals surface area (Å²) >= 11 is 0. The van der Waals surface area contributed by atoms with Crippen LogP contribution >= 0.6 is 0 Å². The molecular weight excluding hydrogens is 200 g/mol. The average Bonchev–Trinajstić information content (AvgIpc) is 2.39. The van der Waals surface area contributed by atoms with Crippen LogP contribution in [0.4, 0.5) is 0 Å². The predicted molar refractivity (Wildman–Crippen MR) is 63.7 cm³/mol. The molecule has 2 rings (SSSR count). The van der Waals surface area contributed by atoms with E-state index in [1.54, 1.807) is 6.20 Å². The van der Waals surface area contributed by atoms with Gasteiger partial charge in [-0.2, -0.15) is 0 Å². The molecule has 0 aliphatic carbocycles. The fourth-order valence-corrected chi connectivity index (χ4v) is 1.59. The van der Waals surface area contributed by atoms with E-state index < -0.39 is 0 Å². The van der Waals surface area contributed by atoms with Gasteiger partial charge in [-0.05, 0) is 28.8 Å². The van der Waals surface area contributed by atoms with Crippen LogP contribution in [0, 0.1) is 0 Å². The predicted octanol–water partition coefficient (Wildman–Crippen LogP) is 1.74. The van der Waals surface area contributed by atoms with Gasteiger partial charge in [0.05, 0.1) is 12.6 Å². The number of nitrogens with zero attached hydrogens (tertiary/aromatic N) is 1. The summed E-state index contributed by atoms with van der Waals surface area (Å²) in [5, 5.41) is 9.01. The number of aromatic nitrogens is 1. The van der Waals surface area contributed by atoms with Gasteiger partial charge in [-0.15, -0.1) is 0 Å². The van der Waals surface area contributed by atoms with Crippen molar-refractivity contribution in [3.05, 3.63) is 54.4 Å². The minimum absolute atomic E-state index is 0.0451. The van der Waals surface area contributed by atoms with Crippen LogP contribution in [0.1, 0.15) is 11.6 Å². The summed E-state index contributed by atoms with van der Waals surface area (Å²) in [7, 11) is 0. The largest absolute Gasteiger partial charge is 0.394 e. The lowest BCUT2D eigenvalue weighted by Crippen LogP contribution is -2.14. The standard InChI is InChI=1S/C13H14N2O/c14-13(9-16)11-4-1-3-10(7-11)12-5-2-6-15-8-12/h1-8,13,16H,9,14H2. The highest BCUT2D eigenvalue weighted by Crippen LogP contribution is 2.21. The molecular formula is C13H14N2O. The van der Waals surface area contributed by atoms with Crippen LogP contribution in [0.25, 0.3) is 11.1 Å². The summed E-state index contributed by atoms with van der Waals surface area (Å²) in [5.41, 5.74) is 8.82. The van der Waals surface area contributed by atoms with Gasteiger partial charge in [-0.1, -0.05) is 24.3 Å². The molecule has 3 N–H and O–H groups in total. The fraction of sp³-hybridized carbons (Fsp3) is 0.154. The molecule has 1 aromatic heterocycles. The van der Waals surface area contributed by atoms with E-state index >= 15 is 0 Å². The third-order valence-electron chi connectivity index (χ3n) is 2.51. The minimum Gasteiger partial charge on any atom is -0.394 e. The molecule has 0 amide bonds. The van der Waals surface area contributed by atoms with Crippen molar-refractivity contribution in [1.29, 1.82) is 0 Å². The number of nitrogens with two attached hydrogens (primary N) is 1. The number of rotatable bonds is 3. The molecule has 1 aromatic carbocycles. The third kappa shape index (κ3) is 2.27. The average molecular weight is 214 g/mol. The first-order valence-corrected chi connectivity index (χ1v) is 5.18. The van der Waals surface area contributed by atoms with E-state index in [2.05, 4.69) is 4.98 Å². The van der Waals surface area contributed by atoms with Gasteiger partial charge in [0.25, 0.3) is 0 Å². The lowest BCUT2D eigenvalue weighted by atomic mass is 10.0. The van der Waals surface area contributed by atoms with Gasteiger partial charge in [0.1, 0.15) is 0 Å². The van der Waals surface area contributed by atoms with E-state index in [4.69, 9.17) is 10.8 Å². The maximum Gasteiger partial charge on any atom is 0.0624 e. The van der Waals surface area contributed by atoms with Crippen LogP contribution in [0.5, 0.6) is 0 Å². The van der Waals surface area contributed by atoms with Crippen molar-refractivity contribution >= 4 is 0 Å². The third-order valence-corrected chi connectivity index (χ3v) is 2.51. The van der Waals surface area contributed by atoms with Crippen molar-refractivity contribution in [2.24, 2.45) is 5.73 Å². The summed E-state index contributed by atoms with van der Waals surface area (Å²) in [6.07, 6.45) is 3.55. The van der Waals surface area contributed by atoms with Crippen LogP contribution in [0.15, 0.2) is 48.8 Å². The molecule has 1 unspecified atom stereocenters. The molecule has 0 saturated heterocycles. The molecule has 0 spiro atoms. The molecule has 82 valence electrons. The van der Waals surface area contributed by atoms with Crippen molar-refractivity contribution in [3.63, 3.8) is 0 Å². The zero-order valence-electron chi connectivity index (χ0n) is 8.88. The Bertz CT molecular complexity index is 456. The molecule has 0 radical (unpaired) electrons. The van der Waals surface area contributed by atoms with Gasteiger partial charge in [0.15, 0.2) is 0 Å². The highest BCUT2D eigenvalue weighted by molar-refractivity contribution is 5.63. The lowest BCUT2D eigenvalue weighted by Gasteiger charge is -2.10. The number of aliphatic hydroxyl groups is 1. The van der Waals surface area contributed by atoms with Crippen molar-refractivity contribution in [3.8, 4) is 11.1 Å². The maximum atomic E-state index is 9.01. The van der Waals surface area contributed by atoms with E-state index in [1.807, 2.05) is 42.6 Å². The molecule has 1 atom stereocenters. The molecule has 0 bridgehead atoms. The zero-order chi connectivity index (χ0) is 11.4. The second-order valence-electron chi connectivity index (χ2n) is 3.66. The second-order valence-corrected chi connectivity index (χ2v) is 3.66.